The molecule has 1 rings (SSSR count). The van der Waals surface area contributed by atoms with E-state index in [0.717, 1.165) is 0 Å². The summed E-state index contributed by atoms with van der Waals surface area (Å²) in [6.45, 7) is 3.61. The van der Waals surface area contributed by atoms with Gasteiger partial charge in [-0.3, -0.25) is 14.4 Å². The van der Waals surface area contributed by atoms with Crippen molar-refractivity contribution in [1.82, 2.24) is 5.32 Å². The first-order valence-corrected chi connectivity index (χ1v) is 6.20. The number of ether oxygens (including phenoxy) is 3. The highest BCUT2D eigenvalue weighted by Crippen LogP contribution is 2.23. The van der Waals surface area contributed by atoms with Gasteiger partial charge in [0.1, 0.15) is 12.7 Å². The van der Waals surface area contributed by atoms with E-state index in [2.05, 4.69) is 5.32 Å². The van der Waals surface area contributed by atoms with Crippen molar-refractivity contribution < 1.29 is 33.7 Å². The number of carbonyl (C=O) groups is 3. The zero-order chi connectivity index (χ0) is 15.3. The summed E-state index contributed by atoms with van der Waals surface area (Å²) in [4.78, 5) is 32.8. The molecular weight excluding hydrogens is 270 g/mol. The molecule has 0 bridgehead atoms. The van der Waals surface area contributed by atoms with Crippen LogP contribution in [-0.4, -0.2) is 54.1 Å². The number of hydrogen-bond donors (Lipinski definition) is 2. The zero-order valence-corrected chi connectivity index (χ0v) is 11.6. The molecule has 20 heavy (non-hydrogen) atoms. The topological polar surface area (TPSA) is 111 Å². The van der Waals surface area contributed by atoms with Gasteiger partial charge in [0.15, 0.2) is 12.4 Å². The van der Waals surface area contributed by atoms with Crippen LogP contribution >= 0.6 is 0 Å². The number of hydrogen-bond acceptors (Lipinski definition) is 7. The van der Waals surface area contributed by atoms with Crippen LogP contribution in [-0.2, 0) is 28.6 Å². The van der Waals surface area contributed by atoms with Crippen LogP contribution in [0.4, 0.5) is 0 Å². The number of carbonyl (C=O) groups excluding carboxylic acids is 3. The maximum atomic E-state index is 11.0. The molecule has 0 aromatic heterocycles. The molecule has 2 N–H and O–H groups in total. The number of aliphatic hydroxyl groups is 1. The minimum absolute atomic E-state index is 0.168. The lowest BCUT2D eigenvalue weighted by Crippen LogP contribution is -2.39. The molecule has 0 aromatic rings. The Morgan fingerprint density at radius 2 is 1.95 bits per heavy atom. The highest BCUT2D eigenvalue weighted by molar-refractivity contribution is 5.73. The van der Waals surface area contributed by atoms with Crippen LogP contribution in [0, 0.1) is 0 Å². The molecule has 0 saturated carbocycles. The molecule has 1 aliphatic rings. The molecule has 8 nitrogen and oxygen atoms in total. The summed E-state index contributed by atoms with van der Waals surface area (Å²) >= 11 is 0. The summed E-state index contributed by atoms with van der Waals surface area (Å²) in [7, 11) is 0. The van der Waals surface area contributed by atoms with Gasteiger partial charge in [-0.05, 0) is 0 Å². The molecule has 1 fully saturated rings. The monoisotopic (exact) mass is 289 g/mol. The second kappa shape index (κ2) is 7.20. The van der Waals surface area contributed by atoms with E-state index in [9.17, 15) is 19.5 Å². The van der Waals surface area contributed by atoms with E-state index in [1.165, 1.54) is 20.8 Å². The SMILES string of the molecule is CC(=O)N[C@H]1C[C@@H]([C@@H](COC(C)=O)OC(C)=O)O[C@@H]1O. The van der Waals surface area contributed by atoms with E-state index < -0.39 is 36.5 Å². The van der Waals surface area contributed by atoms with Crippen molar-refractivity contribution in [3.8, 4) is 0 Å². The van der Waals surface area contributed by atoms with Crippen molar-refractivity contribution in [2.45, 2.75) is 51.7 Å². The lowest BCUT2D eigenvalue weighted by molar-refractivity contribution is -0.175. The molecule has 4 atom stereocenters. The fourth-order valence-electron chi connectivity index (χ4n) is 1.96. The average molecular weight is 289 g/mol. The maximum Gasteiger partial charge on any atom is 0.303 e. The van der Waals surface area contributed by atoms with E-state index in [4.69, 9.17) is 14.2 Å². The van der Waals surface area contributed by atoms with Gasteiger partial charge in [-0.15, -0.1) is 0 Å². The van der Waals surface area contributed by atoms with Gasteiger partial charge in [0.2, 0.25) is 5.91 Å². The summed E-state index contributed by atoms with van der Waals surface area (Å²) in [6.07, 6.45) is -2.44. The summed E-state index contributed by atoms with van der Waals surface area (Å²) in [5.41, 5.74) is 0. The first kappa shape index (κ1) is 16.4. The molecule has 1 heterocycles. The van der Waals surface area contributed by atoms with Crippen molar-refractivity contribution in [2.24, 2.45) is 0 Å². The summed E-state index contributed by atoms with van der Waals surface area (Å²) in [5.74, 6) is -1.37. The van der Waals surface area contributed by atoms with Crippen LogP contribution in [0.15, 0.2) is 0 Å². The number of amides is 1. The second-order valence-corrected chi connectivity index (χ2v) is 4.56. The Labute approximate surface area is 116 Å². The molecule has 0 aromatic carbocycles. The van der Waals surface area contributed by atoms with Gasteiger partial charge in [-0.2, -0.15) is 0 Å². The second-order valence-electron chi connectivity index (χ2n) is 4.56. The largest absolute Gasteiger partial charge is 0.462 e. The van der Waals surface area contributed by atoms with Gasteiger partial charge in [0.05, 0.1) is 6.04 Å². The van der Waals surface area contributed by atoms with Crippen LogP contribution in [0.2, 0.25) is 0 Å². The van der Waals surface area contributed by atoms with Crippen molar-refractivity contribution in [2.75, 3.05) is 6.61 Å². The van der Waals surface area contributed by atoms with Gasteiger partial charge in [-0.25, -0.2) is 0 Å². The normalized spacial score (nSPS) is 26.7. The summed E-state index contributed by atoms with van der Waals surface area (Å²) in [5, 5.41) is 12.2. The Balaban J connectivity index is 2.64. The first-order valence-electron chi connectivity index (χ1n) is 6.20. The van der Waals surface area contributed by atoms with Gasteiger partial charge in [0.25, 0.3) is 0 Å². The lowest BCUT2D eigenvalue weighted by atomic mass is 10.1. The number of aliphatic hydroxyl groups excluding tert-OH is 1. The molecule has 0 spiro atoms. The lowest BCUT2D eigenvalue weighted by Gasteiger charge is -2.22. The Morgan fingerprint density at radius 1 is 1.30 bits per heavy atom. The van der Waals surface area contributed by atoms with E-state index in [1.807, 2.05) is 0 Å². The van der Waals surface area contributed by atoms with Gasteiger partial charge < -0.3 is 24.6 Å². The molecule has 0 radical (unpaired) electrons. The Morgan fingerprint density at radius 3 is 2.45 bits per heavy atom. The maximum absolute atomic E-state index is 11.0. The summed E-state index contributed by atoms with van der Waals surface area (Å²) < 4.78 is 15.1. The van der Waals surface area contributed by atoms with Crippen LogP contribution in [0.1, 0.15) is 27.2 Å². The average Bonchev–Trinajstić information content (AvgIpc) is 2.64. The molecule has 114 valence electrons. The quantitative estimate of drug-likeness (QED) is 0.630. The van der Waals surface area contributed by atoms with Crippen molar-refractivity contribution in [3.63, 3.8) is 0 Å². The molecule has 0 aliphatic carbocycles. The third-order valence-electron chi connectivity index (χ3n) is 2.72. The minimum Gasteiger partial charge on any atom is -0.462 e. The molecule has 1 aliphatic heterocycles. The van der Waals surface area contributed by atoms with E-state index in [1.54, 1.807) is 0 Å². The zero-order valence-electron chi connectivity index (χ0n) is 11.6. The molecule has 1 amide bonds. The fraction of sp³-hybridized carbons (Fsp3) is 0.750. The molecule has 0 unspecified atom stereocenters. The predicted octanol–water partition coefficient (Wildman–Crippen LogP) is -0.907. The van der Waals surface area contributed by atoms with E-state index in [0.29, 0.717) is 0 Å². The Bertz CT molecular complexity index is 384. The van der Waals surface area contributed by atoms with Crippen molar-refractivity contribution in [1.29, 1.82) is 0 Å². The third kappa shape index (κ3) is 5.14. The Kier molecular flexibility index (Phi) is 5.90. The van der Waals surface area contributed by atoms with Crippen LogP contribution < -0.4 is 5.32 Å². The number of esters is 2. The standard InChI is InChI=1S/C12H19NO7/c1-6(14)13-9-4-10(20-12(9)17)11(19-8(3)16)5-18-7(2)15/h9-12,17H,4-5H2,1-3H3,(H,13,14)/t9-,10-,11+,12-/m0/s1. The van der Waals surface area contributed by atoms with Crippen LogP contribution in [0.25, 0.3) is 0 Å². The van der Waals surface area contributed by atoms with E-state index in [-0.39, 0.29) is 18.9 Å². The van der Waals surface area contributed by atoms with E-state index >= 15 is 0 Å². The smallest absolute Gasteiger partial charge is 0.303 e. The fourth-order valence-corrected chi connectivity index (χ4v) is 1.96. The van der Waals surface area contributed by atoms with Crippen molar-refractivity contribution >= 4 is 17.8 Å². The number of rotatable bonds is 5. The highest BCUT2D eigenvalue weighted by atomic mass is 16.6. The summed E-state index contributed by atoms with van der Waals surface area (Å²) in [6, 6.07) is -0.590. The Hall–Kier alpha value is -1.67. The minimum atomic E-state index is -1.20. The van der Waals surface area contributed by atoms with Gasteiger partial charge >= 0.3 is 11.9 Å². The molecular formula is C12H19NO7. The molecule has 1 saturated heterocycles. The third-order valence-corrected chi connectivity index (χ3v) is 2.72. The van der Waals surface area contributed by atoms with Crippen LogP contribution in [0.5, 0.6) is 0 Å². The first-order chi connectivity index (χ1) is 9.29. The van der Waals surface area contributed by atoms with Gasteiger partial charge in [-0.1, -0.05) is 0 Å². The van der Waals surface area contributed by atoms with Gasteiger partial charge in [0, 0.05) is 27.2 Å². The van der Waals surface area contributed by atoms with Crippen LogP contribution in [0.3, 0.4) is 0 Å². The number of nitrogens with one attached hydrogen (secondary N) is 1. The van der Waals surface area contributed by atoms with Crippen molar-refractivity contribution in [3.05, 3.63) is 0 Å². The highest BCUT2D eigenvalue weighted by Gasteiger charge is 2.40. The predicted molar refractivity (Wildman–Crippen MR) is 65.3 cm³/mol. The molecule has 8 heteroatoms.